The number of hydrogen-bond acceptors (Lipinski definition) is 1. The van der Waals surface area contributed by atoms with Crippen molar-refractivity contribution in [3.05, 3.63) is 0 Å². The molecule has 0 aliphatic rings. The van der Waals surface area contributed by atoms with Crippen molar-refractivity contribution >= 4 is 6.09 Å². The SMILES string of the molecule is NC(=O)O.O.O.O.[H-].[Na+]. The van der Waals surface area contributed by atoms with Crippen LogP contribution in [0.3, 0.4) is 0 Å². The molecule has 8 heavy (non-hydrogen) atoms. The smallest absolute Gasteiger partial charge is 1.00 e. The van der Waals surface area contributed by atoms with Crippen molar-refractivity contribution in [3.8, 4) is 0 Å². The molecule has 6 nitrogen and oxygen atoms in total. The quantitative estimate of drug-likeness (QED) is 0.320. The van der Waals surface area contributed by atoms with Crippen LogP contribution in [0.2, 0.25) is 0 Å². The molecule has 0 spiro atoms. The maximum Gasteiger partial charge on any atom is 1.00 e. The first kappa shape index (κ1) is 42.0. The second kappa shape index (κ2) is 27.3. The van der Waals surface area contributed by atoms with E-state index >= 15 is 0 Å². The molecule has 0 heterocycles. The molecule has 0 aliphatic heterocycles. The van der Waals surface area contributed by atoms with Gasteiger partial charge in [0.2, 0.25) is 0 Å². The van der Waals surface area contributed by atoms with Crippen LogP contribution in [0.4, 0.5) is 4.79 Å². The van der Waals surface area contributed by atoms with Crippen LogP contribution >= 0.6 is 0 Å². The zero-order chi connectivity index (χ0) is 3.58. The molecule has 0 rings (SSSR count). The van der Waals surface area contributed by atoms with E-state index in [0.29, 0.717) is 0 Å². The second-order valence-electron chi connectivity index (χ2n) is 0.338. The third-order valence-electron chi connectivity index (χ3n) is 0. The summed E-state index contributed by atoms with van der Waals surface area (Å²) in [6.45, 7) is 0. The fraction of sp³-hybridized carbons (Fsp3) is 0. The van der Waals surface area contributed by atoms with E-state index in [1.807, 2.05) is 0 Å². The number of amides is 1. The molecular weight excluding hydrogens is 129 g/mol. The normalized spacial score (nSPS) is 3.00. The van der Waals surface area contributed by atoms with Crippen LogP contribution in [-0.4, -0.2) is 27.6 Å². The molecule has 0 atom stereocenters. The minimum Gasteiger partial charge on any atom is -1.00 e. The maximum atomic E-state index is 8.78. The molecule has 0 aromatic heterocycles. The molecular formula is CH10NNaO5. The summed E-state index contributed by atoms with van der Waals surface area (Å²) >= 11 is 0. The Labute approximate surface area is 69.4 Å². The molecule has 9 N–H and O–H groups in total. The van der Waals surface area contributed by atoms with Crippen molar-refractivity contribution in [1.29, 1.82) is 0 Å². The Kier molecular flexibility index (Phi) is 143. The van der Waals surface area contributed by atoms with Gasteiger partial charge in [-0.05, 0) is 0 Å². The zero-order valence-electron chi connectivity index (χ0n) is 5.43. The van der Waals surface area contributed by atoms with Gasteiger partial charge in [0.05, 0.1) is 0 Å². The third-order valence-corrected chi connectivity index (χ3v) is 0. The molecule has 0 aliphatic carbocycles. The summed E-state index contributed by atoms with van der Waals surface area (Å²) in [5, 5.41) is 7.19. The van der Waals surface area contributed by atoms with Gasteiger partial charge in [-0.2, -0.15) is 0 Å². The minimum atomic E-state index is -1.33. The van der Waals surface area contributed by atoms with E-state index in [-0.39, 0.29) is 47.4 Å². The van der Waals surface area contributed by atoms with Crippen LogP contribution in [0.25, 0.3) is 0 Å². The Balaban J connectivity index is -0.00000000450. The van der Waals surface area contributed by atoms with E-state index in [1.54, 1.807) is 0 Å². The van der Waals surface area contributed by atoms with Gasteiger partial charge in [0.25, 0.3) is 0 Å². The van der Waals surface area contributed by atoms with Gasteiger partial charge in [-0.1, -0.05) is 0 Å². The fourth-order valence-electron chi connectivity index (χ4n) is 0. The minimum absolute atomic E-state index is 0. The van der Waals surface area contributed by atoms with Gasteiger partial charge < -0.3 is 28.7 Å². The Morgan fingerprint density at radius 2 is 1.38 bits per heavy atom. The summed E-state index contributed by atoms with van der Waals surface area (Å²) in [5.41, 5.74) is 4.03. The summed E-state index contributed by atoms with van der Waals surface area (Å²) in [6, 6.07) is 0. The van der Waals surface area contributed by atoms with Crippen molar-refractivity contribution in [2.75, 3.05) is 0 Å². The first-order chi connectivity index (χ1) is 1.73. The second-order valence-corrected chi connectivity index (χ2v) is 0.338. The van der Waals surface area contributed by atoms with Crippen LogP contribution in [0.5, 0.6) is 0 Å². The molecule has 0 aromatic rings. The zero-order valence-corrected chi connectivity index (χ0v) is 6.43. The van der Waals surface area contributed by atoms with E-state index in [2.05, 4.69) is 5.73 Å². The summed E-state index contributed by atoms with van der Waals surface area (Å²) in [7, 11) is 0. The fourth-order valence-corrected chi connectivity index (χ4v) is 0. The van der Waals surface area contributed by atoms with Crippen molar-refractivity contribution in [2.45, 2.75) is 0 Å². The topological polar surface area (TPSA) is 158 Å². The van der Waals surface area contributed by atoms with Gasteiger partial charge in [-0.25, -0.2) is 4.79 Å². The molecule has 0 radical (unpaired) electrons. The molecule has 0 saturated carbocycles. The van der Waals surface area contributed by atoms with Crippen molar-refractivity contribution < 1.29 is 57.3 Å². The van der Waals surface area contributed by atoms with Gasteiger partial charge in [-0.15, -0.1) is 0 Å². The van der Waals surface area contributed by atoms with Crippen LogP contribution in [0.15, 0.2) is 0 Å². The summed E-state index contributed by atoms with van der Waals surface area (Å²) in [5.74, 6) is 0. The van der Waals surface area contributed by atoms with Crippen LogP contribution in [0.1, 0.15) is 1.43 Å². The van der Waals surface area contributed by atoms with Crippen LogP contribution in [-0.2, 0) is 0 Å². The third kappa shape index (κ3) is 7250. The van der Waals surface area contributed by atoms with Gasteiger partial charge in [-0.3, -0.25) is 0 Å². The Bertz CT molecular complexity index is 39.9. The number of carboxylic acid groups (broad SMARTS) is 1. The summed E-state index contributed by atoms with van der Waals surface area (Å²) < 4.78 is 0. The molecule has 0 saturated heterocycles. The first-order valence-electron chi connectivity index (χ1n) is 0.716. The molecule has 1 amide bonds. The van der Waals surface area contributed by atoms with Crippen molar-refractivity contribution in [3.63, 3.8) is 0 Å². The van der Waals surface area contributed by atoms with Gasteiger partial charge >= 0.3 is 35.7 Å². The molecule has 7 heteroatoms. The first-order valence-corrected chi connectivity index (χ1v) is 0.716. The largest absolute Gasteiger partial charge is 1.00 e. The van der Waals surface area contributed by atoms with Crippen molar-refractivity contribution in [1.82, 2.24) is 0 Å². The van der Waals surface area contributed by atoms with E-state index in [1.165, 1.54) is 0 Å². The predicted octanol–water partition coefficient (Wildman–Crippen LogP) is -5.73. The number of primary amides is 1. The van der Waals surface area contributed by atoms with E-state index < -0.39 is 6.09 Å². The van der Waals surface area contributed by atoms with Crippen molar-refractivity contribution in [2.24, 2.45) is 5.73 Å². The van der Waals surface area contributed by atoms with Gasteiger partial charge in [0.1, 0.15) is 0 Å². The average Bonchev–Trinajstić information content (AvgIpc) is 0.811. The molecule has 0 unspecified atom stereocenters. The van der Waals surface area contributed by atoms with Gasteiger partial charge in [0.15, 0.2) is 0 Å². The van der Waals surface area contributed by atoms with E-state index in [4.69, 9.17) is 9.90 Å². The Morgan fingerprint density at radius 1 is 1.38 bits per heavy atom. The van der Waals surface area contributed by atoms with Crippen LogP contribution in [0, 0.1) is 0 Å². The summed E-state index contributed by atoms with van der Waals surface area (Å²) in [4.78, 5) is 8.78. The van der Waals surface area contributed by atoms with Gasteiger partial charge in [0, 0.05) is 0 Å². The standard InChI is InChI=1S/CH3NO2.Na.3H2O.H/c2-1(3)4;;;;;/h2H2,(H,3,4);;3*1H2;/q;+1;;;;-1. The average molecular weight is 139 g/mol. The molecule has 50 valence electrons. The Hall–Kier alpha value is 0.150. The molecule has 0 fully saturated rings. The number of carbonyl (C=O) groups is 1. The van der Waals surface area contributed by atoms with Crippen LogP contribution < -0.4 is 35.3 Å². The monoisotopic (exact) mass is 139 g/mol. The Morgan fingerprint density at radius 3 is 1.38 bits per heavy atom. The van der Waals surface area contributed by atoms with E-state index in [0.717, 1.165) is 0 Å². The van der Waals surface area contributed by atoms with E-state index in [9.17, 15) is 0 Å². The molecule has 0 bridgehead atoms. The maximum absolute atomic E-state index is 8.78. The number of rotatable bonds is 0. The predicted molar refractivity (Wildman–Crippen MR) is 24.2 cm³/mol. The number of hydrogen-bond donors (Lipinski definition) is 2. The number of nitrogens with two attached hydrogens (primary N) is 1. The summed E-state index contributed by atoms with van der Waals surface area (Å²) in [6.07, 6.45) is -1.33. The molecule has 0 aromatic carbocycles.